The van der Waals surface area contributed by atoms with Gasteiger partial charge in [-0.3, -0.25) is 4.79 Å². The minimum Gasteiger partial charge on any atom is -0.462 e. The van der Waals surface area contributed by atoms with Crippen LogP contribution in [0, 0.1) is 0 Å². The van der Waals surface area contributed by atoms with Crippen LogP contribution in [-0.4, -0.2) is 71.7 Å². The molecule has 0 spiro atoms. The van der Waals surface area contributed by atoms with Crippen LogP contribution in [0.15, 0.2) is 42.6 Å². The van der Waals surface area contributed by atoms with Gasteiger partial charge < -0.3 is 29.2 Å². The van der Waals surface area contributed by atoms with Gasteiger partial charge in [0.15, 0.2) is 0 Å². The smallest absolute Gasteiger partial charge is 0.338 e. The Hall–Kier alpha value is -3.33. The number of aromatic nitrogens is 1. The number of amides is 3. The van der Waals surface area contributed by atoms with E-state index in [9.17, 15) is 14.4 Å². The van der Waals surface area contributed by atoms with Crippen LogP contribution in [0.4, 0.5) is 10.5 Å². The Morgan fingerprint density at radius 2 is 1.82 bits per heavy atom. The molecule has 0 unspecified atom stereocenters. The van der Waals surface area contributed by atoms with Gasteiger partial charge in [-0.15, -0.1) is 0 Å². The molecule has 9 heteroatoms. The summed E-state index contributed by atoms with van der Waals surface area (Å²) >= 11 is 0. The molecular weight excluding hydrogens is 424 g/mol. The highest BCUT2D eigenvalue weighted by molar-refractivity contribution is 5.94. The average molecular weight is 459 g/mol. The molecule has 0 aliphatic carbocycles. The van der Waals surface area contributed by atoms with Crippen LogP contribution in [0.25, 0.3) is 0 Å². The molecule has 0 saturated heterocycles. The molecular formula is C24H34N4O5. The number of nitrogens with zero attached hydrogens (tertiary/aromatic N) is 3. The third-order valence-electron chi connectivity index (χ3n) is 5.16. The monoisotopic (exact) mass is 458 g/mol. The summed E-state index contributed by atoms with van der Waals surface area (Å²) in [6.45, 7) is 6.92. The van der Waals surface area contributed by atoms with E-state index in [1.54, 1.807) is 43.2 Å². The van der Waals surface area contributed by atoms with E-state index in [0.717, 1.165) is 5.69 Å². The van der Waals surface area contributed by atoms with Crippen molar-refractivity contribution in [1.29, 1.82) is 0 Å². The Morgan fingerprint density at radius 3 is 2.36 bits per heavy atom. The molecule has 0 bridgehead atoms. The topological polar surface area (TPSA) is 93.1 Å². The number of hydrogen-bond acceptors (Lipinski definition) is 5. The van der Waals surface area contributed by atoms with Crippen molar-refractivity contribution in [3.63, 3.8) is 0 Å². The van der Waals surface area contributed by atoms with E-state index in [0.29, 0.717) is 37.6 Å². The fourth-order valence-electron chi connectivity index (χ4n) is 3.18. The predicted octanol–water partition coefficient (Wildman–Crippen LogP) is 3.12. The number of esters is 1. The zero-order valence-corrected chi connectivity index (χ0v) is 20.0. The van der Waals surface area contributed by atoms with Gasteiger partial charge in [0.2, 0.25) is 5.91 Å². The van der Waals surface area contributed by atoms with Crippen LogP contribution in [0.5, 0.6) is 0 Å². The molecule has 3 amide bonds. The molecule has 1 heterocycles. The lowest BCUT2D eigenvalue weighted by molar-refractivity contribution is -0.133. The number of hydrogen-bond donors (Lipinski definition) is 1. The molecule has 9 nitrogen and oxygen atoms in total. The second-order valence-electron chi connectivity index (χ2n) is 7.87. The minimum absolute atomic E-state index is 0.0709. The second kappa shape index (κ2) is 12.6. The van der Waals surface area contributed by atoms with E-state index >= 15 is 0 Å². The van der Waals surface area contributed by atoms with Gasteiger partial charge in [0, 0.05) is 44.3 Å². The fraction of sp³-hybridized carbons (Fsp3) is 0.458. The van der Waals surface area contributed by atoms with E-state index in [1.165, 1.54) is 4.90 Å². The largest absolute Gasteiger partial charge is 0.462 e. The van der Waals surface area contributed by atoms with Crippen molar-refractivity contribution >= 4 is 23.6 Å². The SMILES string of the molecule is CCOC(=O)c1ccc(NC(=O)N(CC(=O)N(CCOC)Cc2cccn2C)C(C)C)cc1. The van der Waals surface area contributed by atoms with Crippen LogP contribution >= 0.6 is 0 Å². The average Bonchev–Trinajstić information content (AvgIpc) is 3.19. The van der Waals surface area contributed by atoms with Crippen molar-refractivity contribution in [2.75, 3.05) is 38.7 Å². The quantitative estimate of drug-likeness (QED) is 0.522. The van der Waals surface area contributed by atoms with Crippen LogP contribution in [0.1, 0.15) is 36.8 Å². The molecule has 0 aliphatic heterocycles. The summed E-state index contributed by atoms with van der Waals surface area (Å²) < 4.78 is 12.1. The van der Waals surface area contributed by atoms with Crippen LogP contribution in [-0.2, 0) is 27.9 Å². The van der Waals surface area contributed by atoms with Gasteiger partial charge in [-0.25, -0.2) is 9.59 Å². The lowest BCUT2D eigenvalue weighted by Gasteiger charge is -2.30. The molecule has 0 saturated carbocycles. The highest BCUT2D eigenvalue weighted by atomic mass is 16.5. The first-order chi connectivity index (χ1) is 15.8. The molecule has 180 valence electrons. The van der Waals surface area contributed by atoms with E-state index in [4.69, 9.17) is 9.47 Å². The highest BCUT2D eigenvalue weighted by Gasteiger charge is 2.24. The number of urea groups is 1. The number of nitrogens with one attached hydrogen (secondary N) is 1. The van der Waals surface area contributed by atoms with Gasteiger partial charge in [-0.1, -0.05) is 0 Å². The van der Waals surface area contributed by atoms with Gasteiger partial charge in [-0.2, -0.15) is 0 Å². The Kier molecular flexibility index (Phi) is 9.93. The number of ether oxygens (including phenoxy) is 2. The summed E-state index contributed by atoms with van der Waals surface area (Å²) in [5, 5.41) is 2.80. The lowest BCUT2D eigenvalue weighted by Crippen LogP contribution is -2.48. The molecule has 0 atom stereocenters. The minimum atomic E-state index is -0.417. The normalized spacial score (nSPS) is 10.7. The molecule has 2 aromatic rings. The number of anilines is 1. The van der Waals surface area contributed by atoms with Crippen molar-refractivity contribution in [2.45, 2.75) is 33.4 Å². The summed E-state index contributed by atoms with van der Waals surface area (Å²) in [6, 6.07) is 9.72. The van der Waals surface area contributed by atoms with Crippen molar-refractivity contribution in [2.24, 2.45) is 7.05 Å². The molecule has 1 N–H and O–H groups in total. The van der Waals surface area contributed by atoms with Gasteiger partial charge in [0.05, 0.1) is 25.3 Å². The Balaban J connectivity index is 2.07. The van der Waals surface area contributed by atoms with Gasteiger partial charge in [0.1, 0.15) is 6.54 Å². The van der Waals surface area contributed by atoms with Crippen molar-refractivity contribution in [3.8, 4) is 0 Å². The maximum Gasteiger partial charge on any atom is 0.338 e. The molecule has 2 rings (SSSR count). The van der Waals surface area contributed by atoms with Crippen molar-refractivity contribution < 1.29 is 23.9 Å². The molecule has 1 aromatic carbocycles. The Morgan fingerprint density at radius 1 is 1.12 bits per heavy atom. The second-order valence-corrected chi connectivity index (χ2v) is 7.87. The van der Waals surface area contributed by atoms with Crippen LogP contribution < -0.4 is 5.32 Å². The third kappa shape index (κ3) is 7.64. The summed E-state index contributed by atoms with van der Waals surface area (Å²) in [6.07, 6.45) is 1.93. The van der Waals surface area contributed by atoms with Gasteiger partial charge in [0.25, 0.3) is 0 Å². The van der Waals surface area contributed by atoms with Gasteiger partial charge in [-0.05, 0) is 57.2 Å². The number of aryl methyl sites for hydroxylation is 1. The zero-order valence-electron chi connectivity index (χ0n) is 20.0. The molecule has 33 heavy (non-hydrogen) atoms. The first-order valence-corrected chi connectivity index (χ1v) is 11.0. The standard InChI is InChI=1S/C24H34N4O5/c1-6-33-23(30)19-9-11-20(12-10-19)25-24(31)28(18(2)3)17-22(29)27(14-15-32-5)16-21-8-7-13-26(21)4/h7-13,18H,6,14-17H2,1-5H3,(H,25,31). The Bertz CT molecular complexity index is 923. The summed E-state index contributed by atoms with van der Waals surface area (Å²) in [4.78, 5) is 41.0. The van der Waals surface area contributed by atoms with E-state index in [2.05, 4.69) is 5.32 Å². The zero-order chi connectivity index (χ0) is 24.4. The number of benzene rings is 1. The highest BCUT2D eigenvalue weighted by Crippen LogP contribution is 2.13. The molecule has 0 aliphatic rings. The molecule has 1 aromatic heterocycles. The summed E-state index contributed by atoms with van der Waals surface area (Å²) in [5.41, 5.74) is 1.91. The van der Waals surface area contributed by atoms with Crippen molar-refractivity contribution in [1.82, 2.24) is 14.4 Å². The van der Waals surface area contributed by atoms with Crippen LogP contribution in [0.2, 0.25) is 0 Å². The predicted molar refractivity (Wildman–Crippen MR) is 126 cm³/mol. The Labute approximate surface area is 195 Å². The first-order valence-electron chi connectivity index (χ1n) is 11.0. The summed E-state index contributed by atoms with van der Waals surface area (Å²) in [5.74, 6) is -0.589. The maximum atomic E-state index is 13.1. The first kappa shape index (κ1) is 25.9. The number of carbonyl (C=O) groups is 3. The van der Waals surface area contributed by atoms with Crippen molar-refractivity contribution in [3.05, 3.63) is 53.9 Å². The third-order valence-corrected chi connectivity index (χ3v) is 5.16. The van der Waals surface area contributed by atoms with Crippen LogP contribution in [0.3, 0.4) is 0 Å². The van der Waals surface area contributed by atoms with E-state index in [1.807, 2.05) is 43.8 Å². The maximum absolute atomic E-state index is 13.1. The fourth-order valence-corrected chi connectivity index (χ4v) is 3.18. The number of carbonyl (C=O) groups excluding carboxylic acids is 3. The number of rotatable bonds is 11. The van der Waals surface area contributed by atoms with E-state index < -0.39 is 12.0 Å². The van der Waals surface area contributed by atoms with E-state index in [-0.39, 0.29) is 18.5 Å². The number of methoxy groups -OCH3 is 1. The lowest BCUT2D eigenvalue weighted by atomic mass is 10.2. The molecule has 0 radical (unpaired) electrons. The molecule has 0 fully saturated rings. The van der Waals surface area contributed by atoms with Gasteiger partial charge >= 0.3 is 12.0 Å². The summed E-state index contributed by atoms with van der Waals surface area (Å²) in [7, 11) is 3.52.